The van der Waals surface area contributed by atoms with Gasteiger partial charge in [-0.25, -0.2) is 14.6 Å². The molecule has 2 aliphatic rings. The van der Waals surface area contributed by atoms with Crippen molar-refractivity contribution in [1.82, 2.24) is 19.7 Å². The molecule has 4 heterocycles. The highest BCUT2D eigenvalue weighted by Gasteiger charge is 2.24. The molecule has 1 atom stereocenters. The Morgan fingerprint density at radius 3 is 2.66 bits per heavy atom. The summed E-state index contributed by atoms with van der Waals surface area (Å²) >= 11 is 0. The van der Waals surface area contributed by atoms with Crippen LogP contribution >= 0.6 is 0 Å². The molecule has 0 aliphatic carbocycles. The number of carbonyl (C=O) groups excluding carboxylic acids is 1. The van der Waals surface area contributed by atoms with Crippen molar-refractivity contribution in [3.05, 3.63) is 60.3 Å². The normalized spacial score (nSPS) is 17.9. The maximum atomic E-state index is 12.7. The summed E-state index contributed by atoms with van der Waals surface area (Å²) in [5.41, 5.74) is 2.81. The number of amides is 1. The van der Waals surface area contributed by atoms with Gasteiger partial charge in [-0.3, -0.25) is 4.79 Å². The Kier molecular flexibility index (Phi) is 6.89. The molecule has 1 amide bonds. The lowest BCUT2D eigenvalue weighted by Crippen LogP contribution is -2.37. The second kappa shape index (κ2) is 10.8. The van der Waals surface area contributed by atoms with E-state index in [0.717, 1.165) is 61.4 Å². The highest BCUT2D eigenvalue weighted by molar-refractivity contribution is 6.04. The summed E-state index contributed by atoms with van der Waals surface area (Å²) in [6, 6.07) is 14.6. The number of nitrogens with zero attached hydrogens (tertiary/aromatic N) is 5. The van der Waals surface area contributed by atoms with Crippen LogP contribution in [0.1, 0.15) is 35.8 Å². The van der Waals surface area contributed by atoms with E-state index in [1.54, 1.807) is 31.4 Å². The molecule has 2 aromatic carbocycles. The molecule has 2 fully saturated rings. The minimum atomic E-state index is -0.208. The number of rotatable bonds is 6. The number of methoxy groups -OCH3 is 1. The number of carbonyl (C=O) groups is 1. The van der Waals surface area contributed by atoms with Gasteiger partial charge in [0.2, 0.25) is 0 Å². The maximum absolute atomic E-state index is 12.7. The summed E-state index contributed by atoms with van der Waals surface area (Å²) in [6.45, 7) is 3.55. The highest BCUT2D eigenvalue weighted by atomic mass is 16.5. The first-order chi connectivity index (χ1) is 18.7. The fourth-order valence-corrected chi connectivity index (χ4v) is 4.85. The molecule has 2 saturated heterocycles. The zero-order valence-electron chi connectivity index (χ0n) is 21.3. The van der Waals surface area contributed by atoms with Crippen molar-refractivity contribution in [3.63, 3.8) is 0 Å². The number of hydrogen-bond donors (Lipinski definition) is 1. The molecule has 2 aliphatic heterocycles. The zero-order chi connectivity index (χ0) is 25.9. The third-order valence-corrected chi connectivity index (χ3v) is 6.91. The van der Waals surface area contributed by atoms with Crippen molar-refractivity contribution in [2.45, 2.75) is 25.5 Å². The van der Waals surface area contributed by atoms with E-state index in [1.165, 1.54) is 0 Å². The number of nitrogens with one attached hydrogen (secondary N) is 1. The lowest BCUT2D eigenvalue weighted by molar-refractivity contribution is -0.0370. The molecular weight excluding hydrogens is 484 g/mol. The van der Waals surface area contributed by atoms with E-state index < -0.39 is 0 Å². The van der Waals surface area contributed by atoms with Crippen LogP contribution in [0, 0.1) is 0 Å². The van der Waals surface area contributed by atoms with Crippen molar-refractivity contribution in [1.29, 1.82) is 0 Å². The van der Waals surface area contributed by atoms with Gasteiger partial charge in [0, 0.05) is 36.5 Å². The monoisotopic (exact) mass is 514 g/mol. The SMILES string of the molecule is COc1cccc(C(=O)Nc2ccc(-c3nc(N4CCOCC4)c4cnn(C5CCCCO5)c4n3)cc2)c1. The Bertz CT molecular complexity index is 1430. The Morgan fingerprint density at radius 2 is 1.89 bits per heavy atom. The number of anilines is 2. The van der Waals surface area contributed by atoms with E-state index in [2.05, 4.69) is 15.3 Å². The van der Waals surface area contributed by atoms with E-state index in [1.807, 2.05) is 35.1 Å². The number of ether oxygens (including phenoxy) is 3. The van der Waals surface area contributed by atoms with Gasteiger partial charge in [0.15, 0.2) is 17.7 Å². The lowest BCUT2D eigenvalue weighted by atomic mass is 10.1. The van der Waals surface area contributed by atoms with Gasteiger partial charge in [0.05, 0.1) is 31.9 Å². The summed E-state index contributed by atoms with van der Waals surface area (Å²) in [7, 11) is 1.58. The smallest absolute Gasteiger partial charge is 0.255 e. The van der Waals surface area contributed by atoms with Crippen molar-refractivity contribution in [2.24, 2.45) is 0 Å². The van der Waals surface area contributed by atoms with Gasteiger partial charge in [-0.15, -0.1) is 0 Å². The molecule has 0 radical (unpaired) electrons. The van der Waals surface area contributed by atoms with Crippen LogP contribution in [0.15, 0.2) is 54.7 Å². The van der Waals surface area contributed by atoms with Crippen LogP contribution in [0.5, 0.6) is 5.75 Å². The highest BCUT2D eigenvalue weighted by Crippen LogP contribution is 2.32. The number of fused-ring (bicyclic) bond motifs is 1. The second-order valence-corrected chi connectivity index (χ2v) is 9.38. The number of benzene rings is 2. The Morgan fingerprint density at radius 1 is 1.05 bits per heavy atom. The third kappa shape index (κ3) is 4.92. The molecule has 1 unspecified atom stereocenters. The van der Waals surface area contributed by atoms with Crippen LogP contribution in [0.2, 0.25) is 0 Å². The molecule has 10 nitrogen and oxygen atoms in total. The maximum Gasteiger partial charge on any atom is 0.255 e. The largest absolute Gasteiger partial charge is 0.497 e. The first-order valence-electron chi connectivity index (χ1n) is 12.9. The van der Waals surface area contributed by atoms with Crippen LogP contribution in [-0.4, -0.2) is 65.7 Å². The third-order valence-electron chi connectivity index (χ3n) is 6.91. The summed E-state index contributed by atoms with van der Waals surface area (Å²) < 4.78 is 18.7. The van der Waals surface area contributed by atoms with Crippen LogP contribution in [0.3, 0.4) is 0 Å². The minimum Gasteiger partial charge on any atom is -0.497 e. The summed E-state index contributed by atoms with van der Waals surface area (Å²) in [5, 5.41) is 8.52. The van der Waals surface area contributed by atoms with Crippen LogP contribution in [0.4, 0.5) is 11.5 Å². The fourth-order valence-electron chi connectivity index (χ4n) is 4.85. The molecule has 2 aromatic heterocycles. The van der Waals surface area contributed by atoms with Gasteiger partial charge in [0.1, 0.15) is 11.6 Å². The molecule has 1 N–H and O–H groups in total. The van der Waals surface area contributed by atoms with Crippen molar-refractivity contribution in [3.8, 4) is 17.1 Å². The summed E-state index contributed by atoms with van der Waals surface area (Å²) in [6.07, 6.45) is 4.79. The Hall–Kier alpha value is -4.02. The summed E-state index contributed by atoms with van der Waals surface area (Å²) in [4.78, 5) is 24.9. The molecule has 0 saturated carbocycles. The van der Waals surface area contributed by atoms with E-state index in [-0.39, 0.29) is 12.1 Å². The van der Waals surface area contributed by atoms with Gasteiger partial charge in [-0.05, 0) is 61.7 Å². The predicted octanol–water partition coefficient (Wildman–Crippen LogP) is 4.29. The number of aromatic nitrogens is 4. The van der Waals surface area contributed by atoms with E-state index in [0.29, 0.717) is 36.0 Å². The molecule has 38 heavy (non-hydrogen) atoms. The topological polar surface area (TPSA) is 104 Å². The standard InChI is InChI=1S/C28H30N6O4/c1-36-22-6-4-5-20(17-22)28(35)30-21-10-8-19(9-11-21)25-31-26(33-12-15-37-16-13-33)23-18-29-34(27(23)32-25)24-7-2-3-14-38-24/h4-6,8-11,17-18,24H,2-3,7,12-16H2,1H3,(H,30,35). The molecule has 0 spiro atoms. The van der Waals surface area contributed by atoms with Crippen LogP contribution in [-0.2, 0) is 9.47 Å². The molecule has 0 bridgehead atoms. The van der Waals surface area contributed by atoms with Crippen LogP contribution < -0.4 is 15.0 Å². The fraction of sp³-hybridized carbons (Fsp3) is 0.357. The van der Waals surface area contributed by atoms with Crippen molar-refractivity contribution in [2.75, 3.05) is 50.2 Å². The average molecular weight is 515 g/mol. The first-order valence-corrected chi connectivity index (χ1v) is 12.9. The van der Waals surface area contributed by atoms with Crippen LogP contribution in [0.25, 0.3) is 22.4 Å². The zero-order valence-corrected chi connectivity index (χ0v) is 21.3. The molecule has 196 valence electrons. The number of hydrogen-bond acceptors (Lipinski definition) is 8. The molecule has 4 aromatic rings. The van der Waals surface area contributed by atoms with Gasteiger partial charge in [-0.2, -0.15) is 5.10 Å². The van der Waals surface area contributed by atoms with Gasteiger partial charge < -0.3 is 24.4 Å². The number of morpholine rings is 1. The Balaban J connectivity index is 1.32. The molecule has 10 heteroatoms. The van der Waals surface area contributed by atoms with Crippen molar-refractivity contribution >= 4 is 28.4 Å². The van der Waals surface area contributed by atoms with E-state index in [4.69, 9.17) is 24.2 Å². The van der Waals surface area contributed by atoms with Gasteiger partial charge in [-0.1, -0.05) is 6.07 Å². The van der Waals surface area contributed by atoms with Gasteiger partial charge in [0.25, 0.3) is 5.91 Å². The Labute approximate surface area is 220 Å². The predicted molar refractivity (Wildman–Crippen MR) is 144 cm³/mol. The first kappa shape index (κ1) is 24.3. The minimum absolute atomic E-state index is 0.129. The quantitative estimate of drug-likeness (QED) is 0.407. The lowest BCUT2D eigenvalue weighted by Gasteiger charge is -2.28. The molecule has 6 rings (SSSR count). The molecular formula is C28H30N6O4. The summed E-state index contributed by atoms with van der Waals surface area (Å²) in [5.74, 6) is 1.88. The van der Waals surface area contributed by atoms with E-state index >= 15 is 0 Å². The van der Waals surface area contributed by atoms with Gasteiger partial charge >= 0.3 is 0 Å². The van der Waals surface area contributed by atoms with E-state index in [9.17, 15) is 4.79 Å². The second-order valence-electron chi connectivity index (χ2n) is 9.38. The van der Waals surface area contributed by atoms with Crippen molar-refractivity contribution < 1.29 is 19.0 Å². The average Bonchev–Trinajstić information content (AvgIpc) is 3.42.